The highest BCUT2D eigenvalue weighted by Gasteiger charge is 2.18. The van der Waals surface area contributed by atoms with Crippen LogP contribution in [-0.2, 0) is 9.84 Å². The van der Waals surface area contributed by atoms with E-state index in [9.17, 15) is 8.42 Å². The summed E-state index contributed by atoms with van der Waals surface area (Å²) in [5.74, 6) is 0.545. The van der Waals surface area contributed by atoms with Crippen LogP contribution in [0.3, 0.4) is 0 Å². The molecule has 0 aromatic carbocycles. The van der Waals surface area contributed by atoms with E-state index in [1.54, 1.807) is 6.92 Å². The molecule has 0 aliphatic rings. The molecular weight excluding hydrogens is 236 g/mol. The van der Waals surface area contributed by atoms with Crippen LogP contribution in [0.2, 0.25) is 0 Å². The molecule has 0 unspecified atom stereocenters. The molecule has 0 radical (unpaired) electrons. The van der Waals surface area contributed by atoms with E-state index in [-0.39, 0.29) is 11.2 Å². The molecule has 4 nitrogen and oxygen atoms in total. The molecule has 1 N–H and O–H groups in total. The zero-order valence-electron chi connectivity index (χ0n) is 11.9. The van der Waals surface area contributed by atoms with Gasteiger partial charge >= 0.3 is 0 Å². The molecule has 0 aromatic rings. The summed E-state index contributed by atoms with van der Waals surface area (Å²) in [5.41, 5.74) is 0.215. The quantitative estimate of drug-likeness (QED) is 0.631. The molecule has 0 aromatic heterocycles. The van der Waals surface area contributed by atoms with Gasteiger partial charge in [-0.3, -0.25) is 0 Å². The van der Waals surface area contributed by atoms with E-state index in [1.165, 1.54) is 0 Å². The zero-order chi connectivity index (χ0) is 13.5. The van der Waals surface area contributed by atoms with Gasteiger partial charge in [-0.2, -0.15) is 0 Å². The van der Waals surface area contributed by atoms with E-state index in [1.807, 2.05) is 0 Å². The fourth-order valence-electron chi connectivity index (χ4n) is 1.90. The van der Waals surface area contributed by atoms with Crippen molar-refractivity contribution in [3.63, 3.8) is 0 Å². The van der Waals surface area contributed by atoms with Gasteiger partial charge in [0, 0.05) is 18.8 Å². The molecule has 17 heavy (non-hydrogen) atoms. The summed E-state index contributed by atoms with van der Waals surface area (Å²) in [6.07, 6.45) is 0.703. The molecule has 0 amide bonds. The lowest BCUT2D eigenvalue weighted by molar-refractivity contribution is 0.233. The summed E-state index contributed by atoms with van der Waals surface area (Å²) in [5, 5.41) is 3.34. The van der Waals surface area contributed by atoms with Gasteiger partial charge in [0.2, 0.25) is 0 Å². The van der Waals surface area contributed by atoms with E-state index in [2.05, 4.69) is 38.2 Å². The van der Waals surface area contributed by atoms with Crippen molar-refractivity contribution in [3.05, 3.63) is 0 Å². The maximum absolute atomic E-state index is 11.3. The Morgan fingerprint density at radius 2 is 1.82 bits per heavy atom. The number of nitrogens with zero attached hydrogens (tertiary/aromatic N) is 1. The Bertz CT molecular complexity index is 298. The molecule has 0 fully saturated rings. The van der Waals surface area contributed by atoms with Crippen LogP contribution in [0.25, 0.3) is 0 Å². The lowest BCUT2D eigenvalue weighted by atomic mass is 9.93. The van der Waals surface area contributed by atoms with Crippen LogP contribution in [0, 0.1) is 5.41 Å². The molecule has 104 valence electrons. The highest BCUT2D eigenvalue weighted by Crippen LogP contribution is 2.13. The predicted molar refractivity (Wildman–Crippen MR) is 74.1 cm³/mol. The molecule has 5 heteroatoms. The fraction of sp³-hybridized carbons (Fsp3) is 1.00. The maximum Gasteiger partial charge on any atom is 0.150 e. The first kappa shape index (κ1) is 16.9. The number of rotatable bonds is 9. The molecule has 0 spiro atoms. The normalized spacial score (nSPS) is 13.3. The first-order valence-electron chi connectivity index (χ1n) is 6.24. The maximum atomic E-state index is 11.3. The minimum Gasteiger partial charge on any atom is -0.316 e. The Balaban J connectivity index is 3.71. The van der Waals surface area contributed by atoms with Gasteiger partial charge in [0.15, 0.2) is 0 Å². The van der Waals surface area contributed by atoms with Crippen LogP contribution < -0.4 is 5.32 Å². The average Bonchev–Trinajstić information content (AvgIpc) is 2.14. The van der Waals surface area contributed by atoms with Gasteiger partial charge in [0.05, 0.1) is 5.75 Å². The third kappa shape index (κ3) is 9.56. The minimum absolute atomic E-state index is 0.215. The van der Waals surface area contributed by atoms with Crippen molar-refractivity contribution in [1.82, 2.24) is 10.2 Å². The molecule has 0 bridgehead atoms. The minimum atomic E-state index is -2.80. The van der Waals surface area contributed by atoms with Crippen LogP contribution in [0.4, 0.5) is 0 Å². The largest absolute Gasteiger partial charge is 0.316 e. The van der Waals surface area contributed by atoms with Gasteiger partial charge in [-0.1, -0.05) is 20.8 Å². The third-order valence-electron chi connectivity index (χ3n) is 2.60. The number of sulfone groups is 1. The Labute approximate surface area is 107 Å². The summed E-state index contributed by atoms with van der Waals surface area (Å²) in [7, 11) is 1.33. The van der Waals surface area contributed by atoms with Crippen molar-refractivity contribution < 1.29 is 8.42 Å². The smallest absolute Gasteiger partial charge is 0.150 e. The molecule has 0 aliphatic carbocycles. The second kappa shape index (κ2) is 7.34. The molecule has 0 heterocycles. The van der Waals surface area contributed by atoms with Crippen LogP contribution >= 0.6 is 0 Å². The second-order valence-corrected chi connectivity index (χ2v) is 8.14. The Hall–Kier alpha value is -0.130. The van der Waals surface area contributed by atoms with Crippen LogP contribution in [0.1, 0.15) is 27.2 Å². The van der Waals surface area contributed by atoms with Gasteiger partial charge in [0.1, 0.15) is 9.84 Å². The molecular formula is C12H28N2O2S. The number of hydrogen-bond acceptors (Lipinski definition) is 4. The monoisotopic (exact) mass is 264 g/mol. The van der Waals surface area contributed by atoms with Crippen molar-refractivity contribution in [3.8, 4) is 0 Å². The van der Waals surface area contributed by atoms with Gasteiger partial charge in [-0.05, 0) is 32.5 Å². The summed E-state index contributed by atoms with van der Waals surface area (Å²) in [4.78, 5) is 2.17. The molecule has 0 saturated carbocycles. The lowest BCUT2D eigenvalue weighted by Gasteiger charge is -2.28. The highest BCUT2D eigenvalue weighted by atomic mass is 32.2. The summed E-state index contributed by atoms with van der Waals surface area (Å²) < 4.78 is 22.5. The Kier molecular flexibility index (Phi) is 7.28. The molecule has 0 saturated heterocycles. The van der Waals surface area contributed by atoms with Crippen molar-refractivity contribution in [2.24, 2.45) is 5.41 Å². The lowest BCUT2D eigenvalue weighted by Crippen LogP contribution is -2.38. The Morgan fingerprint density at radius 1 is 1.24 bits per heavy atom. The van der Waals surface area contributed by atoms with Gasteiger partial charge in [-0.15, -0.1) is 0 Å². The zero-order valence-corrected chi connectivity index (χ0v) is 12.7. The SMILES string of the molecule is CCS(=O)(=O)CCCNCC(C)(C)CN(C)C. The average molecular weight is 264 g/mol. The van der Waals surface area contributed by atoms with Crippen molar-refractivity contribution in [2.45, 2.75) is 27.2 Å². The fourth-order valence-corrected chi connectivity index (χ4v) is 2.77. The van der Waals surface area contributed by atoms with E-state index in [4.69, 9.17) is 0 Å². The predicted octanol–water partition coefficient (Wildman–Crippen LogP) is 0.989. The molecule has 0 aliphatic heterocycles. The topological polar surface area (TPSA) is 49.4 Å². The first-order chi connectivity index (χ1) is 7.68. The highest BCUT2D eigenvalue weighted by molar-refractivity contribution is 7.91. The van der Waals surface area contributed by atoms with Crippen LogP contribution in [0.5, 0.6) is 0 Å². The first-order valence-corrected chi connectivity index (χ1v) is 8.06. The second-order valence-electron chi connectivity index (χ2n) is 5.67. The van der Waals surface area contributed by atoms with E-state index < -0.39 is 9.84 Å². The standard InChI is InChI=1S/C12H28N2O2S/c1-6-17(15,16)9-7-8-13-10-12(2,3)11-14(4)5/h13H,6-11H2,1-5H3. The van der Waals surface area contributed by atoms with E-state index in [0.717, 1.165) is 19.6 Å². The van der Waals surface area contributed by atoms with Crippen molar-refractivity contribution in [2.75, 3.05) is 45.2 Å². The Morgan fingerprint density at radius 3 is 2.29 bits per heavy atom. The van der Waals surface area contributed by atoms with Crippen LogP contribution in [0.15, 0.2) is 0 Å². The summed E-state index contributed by atoms with van der Waals surface area (Å²) in [6.45, 7) is 8.83. The third-order valence-corrected chi connectivity index (χ3v) is 4.39. The van der Waals surface area contributed by atoms with E-state index in [0.29, 0.717) is 12.2 Å². The van der Waals surface area contributed by atoms with Gasteiger partial charge < -0.3 is 10.2 Å². The summed E-state index contributed by atoms with van der Waals surface area (Å²) >= 11 is 0. The number of hydrogen-bond donors (Lipinski definition) is 1. The van der Waals surface area contributed by atoms with Crippen molar-refractivity contribution >= 4 is 9.84 Å². The van der Waals surface area contributed by atoms with Gasteiger partial charge in [-0.25, -0.2) is 8.42 Å². The van der Waals surface area contributed by atoms with Crippen LogP contribution in [-0.4, -0.2) is 58.6 Å². The summed E-state index contributed by atoms with van der Waals surface area (Å²) in [6, 6.07) is 0. The van der Waals surface area contributed by atoms with Gasteiger partial charge in [0.25, 0.3) is 0 Å². The number of nitrogens with one attached hydrogen (secondary N) is 1. The molecule has 0 rings (SSSR count). The van der Waals surface area contributed by atoms with Crippen molar-refractivity contribution in [1.29, 1.82) is 0 Å². The molecule has 0 atom stereocenters. The van der Waals surface area contributed by atoms with E-state index >= 15 is 0 Å².